The first-order valence-electron chi connectivity index (χ1n) is 6.60. The van der Waals surface area contributed by atoms with Gasteiger partial charge >= 0.3 is 0 Å². The van der Waals surface area contributed by atoms with Gasteiger partial charge in [-0.15, -0.1) is 0 Å². The summed E-state index contributed by atoms with van der Waals surface area (Å²) in [5.74, 6) is 0.0342. The number of nitrogens with zero attached hydrogens (tertiary/aromatic N) is 2. The van der Waals surface area contributed by atoms with Crippen LogP contribution in [-0.4, -0.2) is 21.8 Å². The number of pyridine rings is 1. The van der Waals surface area contributed by atoms with E-state index in [0.717, 1.165) is 12.8 Å². The van der Waals surface area contributed by atoms with E-state index in [1.54, 1.807) is 12.3 Å². The van der Waals surface area contributed by atoms with Gasteiger partial charge in [0.1, 0.15) is 5.69 Å². The summed E-state index contributed by atoms with van der Waals surface area (Å²) < 4.78 is 0. The molecule has 0 radical (unpaired) electrons. The van der Waals surface area contributed by atoms with Gasteiger partial charge in [-0.1, -0.05) is 36.4 Å². The van der Waals surface area contributed by atoms with E-state index in [4.69, 9.17) is 0 Å². The van der Waals surface area contributed by atoms with Gasteiger partial charge in [0.05, 0.1) is 0 Å². The summed E-state index contributed by atoms with van der Waals surface area (Å²) in [6.07, 6.45) is 3.87. The number of aromatic nitrogens is 1. The van der Waals surface area contributed by atoms with Gasteiger partial charge in [-0.3, -0.25) is 9.78 Å². The number of hydrogen-bond donors (Lipinski definition) is 0. The van der Waals surface area contributed by atoms with Crippen molar-refractivity contribution in [3.63, 3.8) is 0 Å². The summed E-state index contributed by atoms with van der Waals surface area (Å²) in [4.78, 5) is 18.6. The molecule has 1 saturated carbocycles. The molecule has 1 aromatic heterocycles. The van der Waals surface area contributed by atoms with E-state index in [9.17, 15) is 4.79 Å². The monoisotopic (exact) mass is 252 g/mol. The second-order valence-corrected chi connectivity index (χ2v) is 4.86. The molecule has 0 atom stereocenters. The standard InChI is InChI=1S/C16H16N2O/c19-16(15-8-4-5-11-17-15)18(14-9-10-14)12-13-6-2-1-3-7-13/h1-8,11,14H,9-10,12H2. The molecule has 0 bridgehead atoms. The van der Waals surface area contributed by atoms with Gasteiger partial charge < -0.3 is 4.90 Å². The van der Waals surface area contributed by atoms with Crippen LogP contribution in [0.1, 0.15) is 28.9 Å². The van der Waals surface area contributed by atoms with Crippen LogP contribution >= 0.6 is 0 Å². The largest absolute Gasteiger partial charge is 0.330 e. The minimum absolute atomic E-state index is 0.0342. The molecule has 96 valence electrons. The number of carbonyl (C=O) groups is 1. The van der Waals surface area contributed by atoms with Crippen LogP contribution in [0.4, 0.5) is 0 Å². The predicted octanol–water partition coefficient (Wildman–Crippen LogP) is 2.89. The summed E-state index contributed by atoms with van der Waals surface area (Å²) in [7, 11) is 0. The maximum Gasteiger partial charge on any atom is 0.272 e. The van der Waals surface area contributed by atoms with Crippen molar-refractivity contribution in [2.24, 2.45) is 0 Å². The van der Waals surface area contributed by atoms with Gasteiger partial charge in [0.15, 0.2) is 0 Å². The van der Waals surface area contributed by atoms with Crippen LogP contribution in [0.2, 0.25) is 0 Å². The van der Waals surface area contributed by atoms with Crippen molar-refractivity contribution < 1.29 is 4.79 Å². The topological polar surface area (TPSA) is 33.2 Å². The molecule has 0 spiro atoms. The Balaban J connectivity index is 1.80. The highest BCUT2D eigenvalue weighted by molar-refractivity contribution is 5.92. The Morgan fingerprint density at radius 3 is 2.47 bits per heavy atom. The maximum absolute atomic E-state index is 12.5. The van der Waals surface area contributed by atoms with Crippen LogP contribution in [0.25, 0.3) is 0 Å². The first-order valence-corrected chi connectivity index (χ1v) is 6.60. The van der Waals surface area contributed by atoms with E-state index in [1.165, 1.54) is 5.56 Å². The van der Waals surface area contributed by atoms with Crippen LogP contribution in [0, 0.1) is 0 Å². The van der Waals surface area contributed by atoms with Crippen molar-refractivity contribution in [1.29, 1.82) is 0 Å². The Morgan fingerprint density at radius 2 is 1.84 bits per heavy atom. The van der Waals surface area contributed by atoms with Crippen LogP contribution in [0.15, 0.2) is 54.7 Å². The molecule has 19 heavy (non-hydrogen) atoms. The smallest absolute Gasteiger partial charge is 0.272 e. The van der Waals surface area contributed by atoms with E-state index in [1.807, 2.05) is 35.2 Å². The molecule has 1 amide bonds. The van der Waals surface area contributed by atoms with Crippen molar-refractivity contribution in [2.75, 3.05) is 0 Å². The normalized spacial score (nSPS) is 14.1. The Hall–Kier alpha value is -2.16. The third-order valence-electron chi connectivity index (χ3n) is 3.33. The number of benzene rings is 1. The zero-order valence-corrected chi connectivity index (χ0v) is 10.7. The number of hydrogen-bond acceptors (Lipinski definition) is 2. The Morgan fingerprint density at radius 1 is 1.11 bits per heavy atom. The summed E-state index contributed by atoms with van der Waals surface area (Å²) >= 11 is 0. The highest BCUT2D eigenvalue weighted by Gasteiger charge is 2.33. The molecule has 1 aliphatic carbocycles. The van der Waals surface area contributed by atoms with Crippen molar-refractivity contribution in [3.8, 4) is 0 Å². The molecule has 1 aliphatic rings. The molecule has 1 fully saturated rings. The van der Waals surface area contributed by atoms with Gasteiger partial charge in [-0.2, -0.15) is 0 Å². The Bertz CT molecular complexity index is 549. The van der Waals surface area contributed by atoms with E-state index in [0.29, 0.717) is 18.3 Å². The summed E-state index contributed by atoms with van der Waals surface area (Å²) in [6.45, 7) is 0.668. The third-order valence-corrected chi connectivity index (χ3v) is 3.33. The van der Waals surface area contributed by atoms with E-state index in [-0.39, 0.29) is 5.91 Å². The van der Waals surface area contributed by atoms with Crippen LogP contribution in [0.5, 0.6) is 0 Å². The fraction of sp³-hybridized carbons (Fsp3) is 0.250. The number of carbonyl (C=O) groups excluding carboxylic acids is 1. The molecule has 0 aliphatic heterocycles. The minimum Gasteiger partial charge on any atom is -0.330 e. The van der Waals surface area contributed by atoms with Gasteiger partial charge in [-0.25, -0.2) is 0 Å². The van der Waals surface area contributed by atoms with Crippen molar-refractivity contribution >= 4 is 5.91 Å². The number of amides is 1. The fourth-order valence-corrected chi connectivity index (χ4v) is 2.17. The number of rotatable bonds is 4. The molecule has 0 N–H and O–H groups in total. The average molecular weight is 252 g/mol. The molecule has 1 aromatic carbocycles. The molecular formula is C16H16N2O. The van der Waals surface area contributed by atoms with Crippen molar-refractivity contribution in [1.82, 2.24) is 9.88 Å². The molecular weight excluding hydrogens is 236 g/mol. The maximum atomic E-state index is 12.5. The molecule has 0 saturated heterocycles. The lowest BCUT2D eigenvalue weighted by Crippen LogP contribution is -2.33. The second kappa shape index (κ2) is 5.22. The Labute approximate surface area is 112 Å². The zero-order chi connectivity index (χ0) is 13.1. The lowest BCUT2D eigenvalue weighted by atomic mass is 10.2. The van der Waals surface area contributed by atoms with Gasteiger partial charge in [0.25, 0.3) is 5.91 Å². The lowest BCUT2D eigenvalue weighted by Gasteiger charge is -2.22. The molecule has 0 unspecified atom stereocenters. The van der Waals surface area contributed by atoms with Gasteiger partial charge in [-0.05, 0) is 30.5 Å². The molecule has 2 aromatic rings. The third kappa shape index (κ3) is 2.81. The predicted molar refractivity (Wildman–Crippen MR) is 73.6 cm³/mol. The summed E-state index contributed by atoms with van der Waals surface area (Å²) in [6, 6.07) is 16.0. The first kappa shape index (κ1) is 11.9. The Kier molecular flexibility index (Phi) is 3.27. The highest BCUT2D eigenvalue weighted by atomic mass is 16.2. The molecule has 3 heteroatoms. The van der Waals surface area contributed by atoms with Crippen molar-refractivity contribution in [2.45, 2.75) is 25.4 Å². The quantitative estimate of drug-likeness (QED) is 0.838. The van der Waals surface area contributed by atoms with E-state index in [2.05, 4.69) is 17.1 Å². The van der Waals surface area contributed by atoms with Crippen molar-refractivity contribution in [3.05, 3.63) is 66.0 Å². The van der Waals surface area contributed by atoms with Crippen LogP contribution in [-0.2, 0) is 6.54 Å². The molecule has 3 rings (SSSR count). The first-order chi connectivity index (χ1) is 9.34. The molecule has 3 nitrogen and oxygen atoms in total. The second-order valence-electron chi connectivity index (χ2n) is 4.86. The summed E-state index contributed by atoms with van der Waals surface area (Å²) in [5, 5.41) is 0. The summed E-state index contributed by atoms with van der Waals surface area (Å²) in [5.41, 5.74) is 1.70. The zero-order valence-electron chi connectivity index (χ0n) is 10.7. The van der Waals surface area contributed by atoms with E-state index < -0.39 is 0 Å². The van der Waals surface area contributed by atoms with Gasteiger partial charge in [0, 0.05) is 18.8 Å². The fourth-order valence-electron chi connectivity index (χ4n) is 2.17. The lowest BCUT2D eigenvalue weighted by molar-refractivity contribution is 0.0724. The minimum atomic E-state index is 0.0342. The van der Waals surface area contributed by atoms with Crippen LogP contribution in [0.3, 0.4) is 0 Å². The average Bonchev–Trinajstić information content (AvgIpc) is 3.31. The van der Waals surface area contributed by atoms with Crippen LogP contribution < -0.4 is 0 Å². The molecule has 1 heterocycles. The van der Waals surface area contributed by atoms with Gasteiger partial charge in [0.2, 0.25) is 0 Å². The highest BCUT2D eigenvalue weighted by Crippen LogP contribution is 2.29. The van der Waals surface area contributed by atoms with E-state index >= 15 is 0 Å². The SMILES string of the molecule is O=C(c1ccccn1)N(Cc1ccccc1)C1CC1.